The van der Waals surface area contributed by atoms with E-state index >= 15 is 0 Å². The van der Waals surface area contributed by atoms with Gasteiger partial charge < -0.3 is 20.9 Å². The van der Waals surface area contributed by atoms with Crippen molar-refractivity contribution in [3.05, 3.63) is 12.8 Å². The lowest BCUT2D eigenvalue weighted by atomic mass is 10.2. The van der Waals surface area contributed by atoms with E-state index in [1.54, 1.807) is 0 Å². The van der Waals surface area contributed by atoms with Crippen LogP contribution >= 0.6 is 0 Å². The molecule has 1 unspecified atom stereocenters. The number of hydrogen-bond acceptors (Lipinski definition) is 4. The van der Waals surface area contributed by atoms with Gasteiger partial charge in [0, 0.05) is 0 Å². The van der Waals surface area contributed by atoms with Crippen molar-refractivity contribution in [2.75, 3.05) is 0 Å². The molecule has 7 heteroatoms. The van der Waals surface area contributed by atoms with E-state index in [1.807, 2.05) is 5.32 Å². The van der Waals surface area contributed by atoms with Crippen molar-refractivity contribution in [3.63, 3.8) is 0 Å². The molecule has 2 amide bonds. The summed E-state index contributed by atoms with van der Waals surface area (Å²) >= 11 is 0. The Hall–Kier alpha value is -2.05. The summed E-state index contributed by atoms with van der Waals surface area (Å²) in [6.07, 6.45) is -0.672. The number of carbonyl (C=O) groups excluding carboxylic acids is 2. The number of amides is 2. The molecule has 0 aliphatic carbocycles. The van der Waals surface area contributed by atoms with Crippen LogP contribution in [0.2, 0.25) is 0 Å². The maximum Gasteiger partial charge on any atom is 0.412 e. The number of nitrogens with two attached hydrogens (primary N) is 1. The van der Waals surface area contributed by atoms with Crippen LogP contribution in [0.15, 0.2) is 12.8 Å². The number of nitrogens with one attached hydrogen (secondary N) is 1. The van der Waals surface area contributed by atoms with Gasteiger partial charge in [-0.3, -0.25) is 4.79 Å². The average molecular weight is 202 g/mol. The topological polar surface area (TPSA) is 119 Å². The second kappa shape index (κ2) is 5.57. The summed E-state index contributed by atoms with van der Waals surface area (Å²) in [5.41, 5.74) is 4.77. The van der Waals surface area contributed by atoms with E-state index in [1.165, 1.54) is 0 Å². The van der Waals surface area contributed by atoms with Gasteiger partial charge in [0.25, 0.3) is 0 Å². The highest BCUT2D eigenvalue weighted by atomic mass is 16.5. The first-order chi connectivity index (χ1) is 6.47. The Morgan fingerprint density at radius 2 is 2.14 bits per heavy atom. The van der Waals surface area contributed by atoms with Crippen molar-refractivity contribution in [2.45, 2.75) is 12.5 Å². The Kier molecular flexibility index (Phi) is 4.76. The SMILES string of the molecule is C=COC(=O)NC(CC(N)=O)C(=O)O. The molecular formula is C7H10N2O5. The van der Waals surface area contributed by atoms with Gasteiger partial charge in [-0.1, -0.05) is 6.58 Å². The Morgan fingerprint density at radius 3 is 2.50 bits per heavy atom. The maximum atomic E-state index is 10.7. The van der Waals surface area contributed by atoms with E-state index in [0.29, 0.717) is 0 Å². The predicted molar refractivity (Wildman–Crippen MR) is 45.0 cm³/mol. The fourth-order valence-corrected chi connectivity index (χ4v) is 0.653. The molecule has 0 aromatic heterocycles. The fourth-order valence-electron chi connectivity index (χ4n) is 0.653. The van der Waals surface area contributed by atoms with Crippen LogP contribution in [0.1, 0.15) is 6.42 Å². The van der Waals surface area contributed by atoms with E-state index in [2.05, 4.69) is 11.3 Å². The van der Waals surface area contributed by atoms with Crippen molar-refractivity contribution in [1.29, 1.82) is 0 Å². The fraction of sp³-hybridized carbons (Fsp3) is 0.286. The molecule has 78 valence electrons. The molecule has 0 aromatic carbocycles. The van der Waals surface area contributed by atoms with E-state index in [4.69, 9.17) is 10.8 Å². The van der Waals surface area contributed by atoms with Crippen LogP contribution in [-0.4, -0.2) is 29.1 Å². The molecule has 4 N–H and O–H groups in total. The molecule has 1 atom stereocenters. The van der Waals surface area contributed by atoms with Crippen LogP contribution in [0.3, 0.4) is 0 Å². The molecule has 0 aromatic rings. The van der Waals surface area contributed by atoms with Gasteiger partial charge in [-0.05, 0) is 0 Å². The number of alkyl carbamates (subject to hydrolysis) is 1. The number of aliphatic carboxylic acids is 1. The lowest BCUT2D eigenvalue weighted by Gasteiger charge is -2.10. The van der Waals surface area contributed by atoms with Gasteiger partial charge in [0.15, 0.2) is 0 Å². The van der Waals surface area contributed by atoms with Crippen LogP contribution in [0.4, 0.5) is 4.79 Å². The summed E-state index contributed by atoms with van der Waals surface area (Å²) in [5.74, 6) is -2.21. The lowest BCUT2D eigenvalue weighted by Crippen LogP contribution is -2.43. The molecule has 0 bridgehead atoms. The average Bonchev–Trinajstić information content (AvgIpc) is 2.02. The van der Waals surface area contributed by atoms with Crippen molar-refractivity contribution in [2.24, 2.45) is 5.73 Å². The van der Waals surface area contributed by atoms with Crippen LogP contribution in [-0.2, 0) is 14.3 Å². The first kappa shape index (κ1) is 11.9. The Balaban J connectivity index is 4.22. The molecule has 14 heavy (non-hydrogen) atoms. The molecule has 0 radical (unpaired) electrons. The van der Waals surface area contributed by atoms with Crippen LogP contribution in [0, 0.1) is 0 Å². The monoisotopic (exact) mass is 202 g/mol. The summed E-state index contributed by atoms with van der Waals surface area (Å²) in [5, 5.41) is 10.5. The zero-order chi connectivity index (χ0) is 11.1. The number of carboxylic acids is 1. The van der Waals surface area contributed by atoms with Gasteiger partial charge in [0.2, 0.25) is 5.91 Å². The molecule has 0 aliphatic rings. The minimum Gasteiger partial charge on any atom is -0.480 e. The van der Waals surface area contributed by atoms with Crippen LogP contribution in [0.5, 0.6) is 0 Å². The minimum atomic E-state index is -1.39. The number of rotatable bonds is 5. The first-order valence-corrected chi connectivity index (χ1v) is 3.56. The highest BCUT2D eigenvalue weighted by Gasteiger charge is 2.22. The Morgan fingerprint density at radius 1 is 1.57 bits per heavy atom. The van der Waals surface area contributed by atoms with Crippen LogP contribution in [0.25, 0.3) is 0 Å². The highest BCUT2D eigenvalue weighted by Crippen LogP contribution is 1.92. The molecule has 0 saturated heterocycles. The smallest absolute Gasteiger partial charge is 0.412 e. The van der Waals surface area contributed by atoms with Crippen LogP contribution < -0.4 is 11.1 Å². The van der Waals surface area contributed by atoms with Gasteiger partial charge in [-0.2, -0.15) is 0 Å². The number of ether oxygens (including phenoxy) is 1. The quantitative estimate of drug-likeness (QED) is 0.503. The number of carbonyl (C=O) groups is 3. The molecule has 0 rings (SSSR count). The summed E-state index contributed by atoms with van der Waals surface area (Å²) in [6.45, 7) is 3.09. The molecule has 0 saturated carbocycles. The summed E-state index contributed by atoms with van der Waals surface area (Å²) in [4.78, 5) is 31.6. The minimum absolute atomic E-state index is 0.498. The summed E-state index contributed by atoms with van der Waals surface area (Å²) < 4.78 is 4.20. The lowest BCUT2D eigenvalue weighted by molar-refractivity contribution is -0.141. The third-order valence-corrected chi connectivity index (χ3v) is 1.19. The number of primary amides is 1. The molecule has 0 heterocycles. The third kappa shape index (κ3) is 4.75. The normalized spacial score (nSPS) is 11.1. The van der Waals surface area contributed by atoms with Gasteiger partial charge in [-0.15, -0.1) is 0 Å². The van der Waals surface area contributed by atoms with Crippen molar-refractivity contribution in [3.8, 4) is 0 Å². The molecule has 0 aliphatic heterocycles. The molecule has 0 fully saturated rings. The van der Waals surface area contributed by atoms with E-state index in [-0.39, 0.29) is 0 Å². The standard InChI is InChI=1S/C7H10N2O5/c1-2-14-7(13)9-4(6(11)12)3-5(8)10/h2,4H,1,3H2,(H2,8,10)(H,9,13)(H,11,12). The largest absolute Gasteiger partial charge is 0.480 e. The second-order valence-electron chi connectivity index (χ2n) is 2.28. The van der Waals surface area contributed by atoms with E-state index in [9.17, 15) is 14.4 Å². The number of hydrogen-bond donors (Lipinski definition) is 3. The maximum absolute atomic E-state index is 10.7. The number of carboxylic acid groups (broad SMARTS) is 1. The third-order valence-electron chi connectivity index (χ3n) is 1.19. The highest BCUT2D eigenvalue weighted by molar-refractivity contribution is 5.86. The zero-order valence-electron chi connectivity index (χ0n) is 7.23. The molecule has 0 spiro atoms. The first-order valence-electron chi connectivity index (χ1n) is 3.56. The van der Waals surface area contributed by atoms with Crippen molar-refractivity contribution >= 4 is 18.0 Å². The van der Waals surface area contributed by atoms with E-state index < -0.39 is 30.4 Å². The Labute approximate surface area is 79.5 Å². The molecule has 7 nitrogen and oxygen atoms in total. The van der Waals surface area contributed by atoms with Gasteiger partial charge in [0.05, 0.1) is 12.7 Å². The van der Waals surface area contributed by atoms with Gasteiger partial charge in [-0.25, -0.2) is 9.59 Å². The molecular weight excluding hydrogens is 192 g/mol. The summed E-state index contributed by atoms with van der Waals surface area (Å²) in [7, 11) is 0. The van der Waals surface area contributed by atoms with E-state index in [0.717, 1.165) is 6.26 Å². The predicted octanol–water partition coefficient (Wildman–Crippen LogP) is -0.815. The Bertz CT molecular complexity index is 263. The van der Waals surface area contributed by atoms with Crippen molar-refractivity contribution in [1.82, 2.24) is 5.32 Å². The summed E-state index contributed by atoms with van der Waals surface area (Å²) in [6, 6.07) is -1.39. The second-order valence-corrected chi connectivity index (χ2v) is 2.28. The van der Waals surface area contributed by atoms with Gasteiger partial charge in [0.1, 0.15) is 6.04 Å². The zero-order valence-corrected chi connectivity index (χ0v) is 7.23. The van der Waals surface area contributed by atoms with Crippen molar-refractivity contribution < 1.29 is 24.2 Å². The van der Waals surface area contributed by atoms with Gasteiger partial charge >= 0.3 is 12.1 Å².